The fourth-order valence-corrected chi connectivity index (χ4v) is 4.29. The maximum absolute atomic E-state index is 12.8. The first-order valence-electron chi connectivity index (χ1n) is 10.6. The van der Waals surface area contributed by atoms with Gasteiger partial charge in [-0.1, -0.05) is 19.1 Å². The van der Waals surface area contributed by atoms with Gasteiger partial charge in [0, 0.05) is 36.7 Å². The molecule has 2 amide bonds. The summed E-state index contributed by atoms with van der Waals surface area (Å²) in [5.74, 6) is 2.58. The third kappa shape index (κ3) is 3.88. The lowest BCUT2D eigenvalue weighted by Gasteiger charge is -2.32. The molecular formula is C23H28N4O3. The van der Waals surface area contributed by atoms with Crippen LogP contribution in [0, 0.1) is 6.92 Å². The van der Waals surface area contributed by atoms with E-state index in [-0.39, 0.29) is 17.7 Å². The summed E-state index contributed by atoms with van der Waals surface area (Å²) in [7, 11) is 1.64. The van der Waals surface area contributed by atoms with Crippen LogP contribution in [0.2, 0.25) is 0 Å². The van der Waals surface area contributed by atoms with Crippen molar-refractivity contribution in [3.8, 4) is 5.75 Å². The maximum Gasteiger partial charge on any atom is 0.233 e. The topological polar surface area (TPSA) is 75.6 Å². The first-order chi connectivity index (χ1) is 14.5. The van der Waals surface area contributed by atoms with Gasteiger partial charge in [-0.05, 0) is 37.5 Å². The summed E-state index contributed by atoms with van der Waals surface area (Å²) in [4.78, 5) is 38.2. The molecule has 1 aromatic heterocycles. The average Bonchev–Trinajstić information content (AvgIpc) is 3.09. The SMILES string of the molecule is CCC(=O)N1CCC[C@@H](c2nc(C)c3c(n2)N(Cc2ccc(OC)cc2)C(=O)C3)C1. The minimum atomic E-state index is 0.0433. The summed E-state index contributed by atoms with van der Waals surface area (Å²) in [6.45, 7) is 5.76. The van der Waals surface area contributed by atoms with Gasteiger partial charge in [-0.2, -0.15) is 0 Å². The van der Waals surface area contributed by atoms with Crippen LogP contribution in [0.3, 0.4) is 0 Å². The molecule has 1 saturated heterocycles. The van der Waals surface area contributed by atoms with Crippen LogP contribution >= 0.6 is 0 Å². The average molecular weight is 409 g/mol. The molecule has 2 aromatic rings. The zero-order chi connectivity index (χ0) is 21.3. The van der Waals surface area contributed by atoms with Crippen molar-refractivity contribution in [2.24, 2.45) is 0 Å². The Morgan fingerprint density at radius 3 is 2.70 bits per heavy atom. The number of benzene rings is 1. The molecule has 7 heteroatoms. The molecule has 0 N–H and O–H groups in total. The second-order valence-electron chi connectivity index (χ2n) is 8.01. The van der Waals surface area contributed by atoms with Gasteiger partial charge in [-0.15, -0.1) is 0 Å². The number of aromatic nitrogens is 2. The second-order valence-corrected chi connectivity index (χ2v) is 8.01. The molecule has 7 nitrogen and oxygen atoms in total. The summed E-state index contributed by atoms with van der Waals surface area (Å²) in [6, 6.07) is 7.73. The van der Waals surface area contributed by atoms with E-state index in [2.05, 4.69) is 0 Å². The highest BCUT2D eigenvalue weighted by atomic mass is 16.5. The molecule has 0 radical (unpaired) electrons. The Kier molecular flexibility index (Phi) is 5.70. The lowest BCUT2D eigenvalue weighted by molar-refractivity contribution is -0.132. The van der Waals surface area contributed by atoms with Crippen LogP contribution in [0.1, 0.15) is 54.7 Å². The van der Waals surface area contributed by atoms with Gasteiger partial charge >= 0.3 is 0 Å². The van der Waals surface area contributed by atoms with E-state index < -0.39 is 0 Å². The minimum Gasteiger partial charge on any atom is -0.497 e. The van der Waals surface area contributed by atoms with Crippen LogP contribution in [0.4, 0.5) is 5.82 Å². The van der Waals surface area contributed by atoms with Gasteiger partial charge < -0.3 is 9.64 Å². The maximum atomic E-state index is 12.8. The molecule has 0 saturated carbocycles. The van der Waals surface area contributed by atoms with E-state index in [4.69, 9.17) is 14.7 Å². The molecule has 1 aromatic carbocycles. The first kappa shape index (κ1) is 20.3. The molecule has 2 aliphatic heterocycles. The second kappa shape index (κ2) is 8.42. The number of rotatable bonds is 5. The predicted octanol–water partition coefficient (Wildman–Crippen LogP) is 3.00. The fourth-order valence-electron chi connectivity index (χ4n) is 4.29. The Morgan fingerprint density at radius 1 is 1.23 bits per heavy atom. The van der Waals surface area contributed by atoms with Crippen molar-refractivity contribution < 1.29 is 14.3 Å². The molecule has 1 fully saturated rings. The Bertz CT molecular complexity index is 958. The van der Waals surface area contributed by atoms with Crippen molar-refractivity contribution in [3.05, 3.63) is 46.9 Å². The summed E-state index contributed by atoms with van der Waals surface area (Å²) in [6.07, 6.45) is 2.76. The van der Waals surface area contributed by atoms with Gasteiger partial charge in [0.2, 0.25) is 11.8 Å². The highest BCUT2D eigenvalue weighted by Crippen LogP contribution is 2.33. The molecule has 158 valence electrons. The largest absolute Gasteiger partial charge is 0.497 e. The number of hydrogen-bond acceptors (Lipinski definition) is 5. The number of hydrogen-bond donors (Lipinski definition) is 0. The number of nitrogens with zero attached hydrogens (tertiary/aromatic N) is 4. The molecule has 1 atom stereocenters. The zero-order valence-electron chi connectivity index (χ0n) is 17.9. The molecular weight excluding hydrogens is 380 g/mol. The van der Waals surface area contributed by atoms with Crippen molar-refractivity contribution in [1.82, 2.24) is 14.9 Å². The Hall–Kier alpha value is -2.96. The molecule has 2 aliphatic rings. The summed E-state index contributed by atoms with van der Waals surface area (Å²) >= 11 is 0. The standard InChI is InChI=1S/C23H28N4O3/c1-4-20(28)26-11-5-6-17(14-26)22-24-15(2)19-12-21(29)27(23(19)25-22)13-16-7-9-18(30-3)10-8-16/h7-10,17H,4-6,11-14H2,1-3H3/t17-/m1/s1. The Labute approximate surface area is 177 Å². The summed E-state index contributed by atoms with van der Waals surface area (Å²) in [5, 5.41) is 0. The van der Waals surface area contributed by atoms with E-state index in [1.54, 1.807) is 12.0 Å². The van der Waals surface area contributed by atoms with Crippen LogP contribution in [-0.4, -0.2) is 46.9 Å². The van der Waals surface area contributed by atoms with Gasteiger partial charge in [0.05, 0.1) is 20.1 Å². The number of likely N-dealkylation sites (tertiary alicyclic amines) is 1. The summed E-state index contributed by atoms with van der Waals surface area (Å²) < 4.78 is 5.22. The number of methoxy groups -OCH3 is 1. The quantitative estimate of drug-likeness (QED) is 0.760. The highest BCUT2D eigenvalue weighted by molar-refractivity contribution is 6.00. The normalized spacial score (nSPS) is 18.5. The number of carbonyl (C=O) groups excluding carboxylic acids is 2. The van der Waals surface area contributed by atoms with E-state index in [0.717, 1.165) is 53.6 Å². The van der Waals surface area contributed by atoms with E-state index in [1.807, 2.05) is 43.0 Å². The number of anilines is 1. The molecule has 0 spiro atoms. The highest BCUT2D eigenvalue weighted by Gasteiger charge is 2.33. The van der Waals surface area contributed by atoms with Crippen LogP contribution in [0.15, 0.2) is 24.3 Å². The van der Waals surface area contributed by atoms with Crippen molar-refractivity contribution in [2.75, 3.05) is 25.1 Å². The zero-order valence-corrected chi connectivity index (χ0v) is 17.9. The lowest BCUT2D eigenvalue weighted by atomic mass is 9.96. The van der Waals surface area contributed by atoms with Gasteiger partial charge in [-0.25, -0.2) is 9.97 Å². The molecule has 3 heterocycles. The first-order valence-corrected chi connectivity index (χ1v) is 10.6. The van der Waals surface area contributed by atoms with Crippen molar-refractivity contribution in [1.29, 1.82) is 0 Å². The fraction of sp³-hybridized carbons (Fsp3) is 0.478. The van der Waals surface area contributed by atoms with E-state index in [1.165, 1.54) is 0 Å². The number of ether oxygens (including phenoxy) is 1. The number of fused-ring (bicyclic) bond motifs is 1. The third-order valence-corrected chi connectivity index (χ3v) is 6.04. The monoisotopic (exact) mass is 408 g/mol. The molecule has 0 aliphatic carbocycles. The van der Waals surface area contributed by atoms with E-state index in [0.29, 0.717) is 25.9 Å². The van der Waals surface area contributed by atoms with Crippen LogP contribution in [0.5, 0.6) is 5.75 Å². The summed E-state index contributed by atoms with van der Waals surface area (Å²) in [5.41, 5.74) is 2.79. The number of piperidine rings is 1. The van der Waals surface area contributed by atoms with Crippen LogP contribution < -0.4 is 9.64 Å². The predicted molar refractivity (Wildman–Crippen MR) is 114 cm³/mol. The van der Waals surface area contributed by atoms with Crippen molar-refractivity contribution in [3.63, 3.8) is 0 Å². The van der Waals surface area contributed by atoms with Crippen LogP contribution in [0.25, 0.3) is 0 Å². The molecule has 0 unspecified atom stereocenters. The molecule has 4 rings (SSSR count). The van der Waals surface area contributed by atoms with Gasteiger partial charge in [0.25, 0.3) is 0 Å². The van der Waals surface area contributed by atoms with Crippen LogP contribution in [-0.2, 0) is 22.6 Å². The Morgan fingerprint density at radius 2 is 2.00 bits per heavy atom. The van der Waals surface area contributed by atoms with Gasteiger partial charge in [-0.3, -0.25) is 14.5 Å². The number of aryl methyl sites for hydroxylation is 1. The van der Waals surface area contributed by atoms with Gasteiger partial charge in [0.1, 0.15) is 17.4 Å². The molecule has 30 heavy (non-hydrogen) atoms. The Balaban J connectivity index is 1.60. The van der Waals surface area contributed by atoms with Crippen molar-refractivity contribution in [2.45, 2.75) is 52.0 Å². The lowest BCUT2D eigenvalue weighted by Crippen LogP contribution is -2.39. The minimum absolute atomic E-state index is 0.0433. The number of amides is 2. The van der Waals surface area contributed by atoms with E-state index in [9.17, 15) is 9.59 Å². The van der Waals surface area contributed by atoms with Gasteiger partial charge in [0.15, 0.2) is 0 Å². The smallest absolute Gasteiger partial charge is 0.233 e. The molecule has 0 bridgehead atoms. The third-order valence-electron chi connectivity index (χ3n) is 6.04. The van der Waals surface area contributed by atoms with E-state index >= 15 is 0 Å². The number of carbonyl (C=O) groups is 2. The van der Waals surface area contributed by atoms with Crippen molar-refractivity contribution >= 4 is 17.6 Å².